The highest BCUT2D eigenvalue weighted by atomic mass is 16.6. The molecule has 0 spiro atoms. The summed E-state index contributed by atoms with van der Waals surface area (Å²) in [5.41, 5.74) is 0. The Morgan fingerprint density at radius 1 is 1.32 bits per heavy atom. The predicted molar refractivity (Wildman–Crippen MR) is 70.2 cm³/mol. The van der Waals surface area contributed by atoms with E-state index < -0.39 is 24.1 Å². The average Bonchev–Trinajstić information content (AvgIpc) is 2.45. The number of carbonyl (C=O) groups is 1. The summed E-state index contributed by atoms with van der Waals surface area (Å²) in [6, 6.07) is 0. The van der Waals surface area contributed by atoms with Gasteiger partial charge in [0.15, 0.2) is 6.29 Å². The van der Waals surface area contributed by atoms with Crippen LogP contribution in [0.1, 0.15) is 19.8 Å². The molecule has 0 saturated heterocycles. The van der Waals surface area contributed by atoms with Crippen LogP contribution in [0.3, 0.4) is 0 Å². The summed E-state index contributed by atoms with van der Waals surface area (Å²) < 4.78 is 10.2. The van der Waals surface area contributed by atoms with Gasteiger partial charge < -0.3 is 19.7 Å². The zero-order valence-electron chi connectivity index (χ0n) is 11.2. The van der Waals surface area contributed by atoms with Crippen LogP contribution in [0, 0.1) is 11.8 Å². The summed E-state index contributed by atoms with van der Waals surface area (Å²) in [5.74, 6) is -1.49. The molecule has 0 heterocycles. The van der Waals surface area contributed by atoms with Crippen molar-refractivity contribution in [3.8, 4) is 0 Å². The molecule has 3 unspecified atom stereocenters. The summed E-state index contributed by atoms with van der Waals surface area (Å²) in [4.78, 5) is 11.8. The molecular weight excluding hydrogens is 248 g/mol. The van der Waals surface area contributed by atoms with E-state index in [1.54, 1.807) is 24.3 Å². The van der Waals surface area contributed by atoms with Gasteiger partial charge in [0.1, 0.15) is 6.61 Å². The topological polar surface area (TPSA) is 76.0 Å². The second-order valence-corrected chi connectivity index (χ2v) is 4.38. The summed E-state index contributed by atoms with van der Waals surface area (Å²) in [6.07, 6.45) is 7.74. The molecule has 1 rings (SSSR count). The van der Waals surface area contributed by atoms with Crippen LogP contribution in [0.2, 0.25) is 0 Å². The van der Waals surface area contributed by atoms with Crippen LogP contribution in [0.15, 0.2) is 24.3 Å². The molecule has 0 aromatic carbocycles. The lowest BCUT2D eigenvalue weighted by Crippen LogP contribution is -2.34. The number of ether oxygens (including phenoxy) is 2. The zero-order valence-corrected chi connectivity index (χ0v) is 11.2. The van der Waals surface area contributed by atoms with Crippen molar-refractivity contribution in [3.05, 3.63) is 24.3 Å². The summed E-state index contributed by atoms with van der Waals surface area (Å²) in [5, 5.41) is 18.6. The summed E-state index contributed by atoms with van der Waals surface area (Å²) >= 11 is 0. The van der Waals surface area contributed by atoms with Gasteiger partial charge in [0, 0.05) is 12.5 Å². The highest BCUT2D eigenvalue weighted by Gasteiger charge is 2.32. The number of aliphatic hydroxyl groups excluding tert-OH is 2. The molecule has 0 radical (unpaired) electrons. The average molecular weight is 270 g/mol. The Balaban J connectivity index is 2.55. The molecule has 2 N–H and O–H groups in total. The molecule has 0 bridgehead atoms. The number of esters is 1. The molecule has 108 valence electrons. The second kappa shape index (κ2) is 8.85. The van der Waals surface area contributed by atoms with Crippen LogP contribution in [0.5, 0.6) is 0 Å². The first-order valence-corrected chi connectivity index (χ1v) is 6.62. The zero-order chi connectivity index (χ0) is 14.1. The van der Waals surface area contributed by atoms with Gasteiger partial charge in [0.25, 0.3) is 0 Å². The van der Waals surface area contributed by atoms with Crippen molar-refractivity contribution in [2.75, 3.05) is 19.8 Å². The van der Waals surface area contributed by atoms with Gasteiger partial charge in [-0.2, -0.15) is 0 Å². The van der Waals surface area contributed by atoms with Gasteiger partial charge in [-0.1, -0.05) is 37.6 Å². The molecule has 0 aromatic rings. The van der Waals surface area contributed by atoms with E-state index in [1.165, 1.54) is 0 Å². The Labute approximate surface area is 113 Å². The van der Waals surface area contributed by atoms with Gasteiger partial charge in [0.05, 0.1) is 12.5 Å². The molecule has 5 heteroatoms. The third kappa shape index (κ3) is 5.14. The summed E-state index contributed by atoms with van der Waals surface area (Å²) in [7, 11) is 0. The molecule has 3 atom stereocenters. The van der Waals surface area contributed by atoms with E-state index in [0.717, 1.165) is 12.8 Å². The number of unbranched alkanes of at least 4 members (excludes halogenated alkanes) is 1. The Kier molecular flexibility index (Phi) is 7.40. The van der Waals surface area contributed by atoms with Crippen LogP contribution in [0.25, 0.3) is 0 Å². The van der Waals surface area contributed by atoms with Gasteiger partial charge in [-0.25, -0.2) is 0 Å². The highest BCUT2D eigenvalue weighted by molar-refractivity contribution is 5.75. The first kappa shape index (κ1) is 15.9. The van der Waals surface area contributed by atoms with Crippen molar-refractivity contribution in [3.63, 3.8) is 0 Å². The van der Waals surface area contributed by atoms with Crippen LogP contribution in [-0.4, -0.2) is 42.3 Å². The van der Waals surface area contributed by atoms with E-state index in [2.05, 4.69) is 0 Å². The molecular formula is C14H22O5. The lowest BCUT2D eigenvalue weighted by Gasteiger charge is -2.26. The lowest BCUT2D eigenvalue weighted by atomic mass is 9.88. The fourth-order valence-electron chi connectivity index (χ4n) is 1.83. The number of rotatable bonds is 8. The maximum Gasteiger partial charge on any atom is 0.313 e. The van der Waals surface area contributed by atoms with Gasteiger partial charge in [0.2, 0.25) is 0 Å². The monoisotopic (exact) mass is 270 g/mol. The van der Waals surface area contributed by atoms with Gasteiger partial charge in [-0.15, -0.1) is 0 Å². The molecule has 0 saturated carbocycles. The second-order valence-electron chi connectivity index (χ2n) is 4.38. The highest BCUT2D eigenvalue weighted by Crippen LogP contribution is 2.25. The minimum absolute atomic E-state index is 0.0353. The largest absolute Gasteiger partial charge is 0.463 e. The van der Waals surface area contributed by atoms with E-state index >= 15 is 0 Å². The van der Waals surface area contributed by atoms with E-state index in [1.807, 2.05) is 6.92 Å². The fourth-order valence-corrected chi connectivity index (χ4v) is 1.83. The molecule has 1 aliphatic carbocycles. The maximum absolute atomic E-state index is 11.8. The molecule has 19 heavy (non-hydrogen) atoms. The summed E-state index contributed by atoms with van der Waals surface area (Å²) in [6.45, 7) is 2.25. The molecule has 0 fully saturated rings. The third-order valence-electron chi connectivity index (χ3n) is 2.90. The standard InChI is InChI=1S/C14H22O5/c1-2-3-9-18-13(16)11-6-4-5-7-12(11)14(17)19-10-8-15/h4-7,11-13,15-16H,2-3,8-10H2,1H3. The Hall–Kier alpha value is -1.17. The molecule has 0 aliphatic heterocycles. The third-order valence-corrected chi connectivity index (χ3v) is 2.90. The normalized spacial score (nSPS) is 23.3. The van der Waals surface area contributed by atoms with Crippen LogP contribution in [0.4, 0.5) is 0 Å². The number of carbonyl (C=O) groups excluding carboxylic acids is 1. The van der Waals surface area contributed by atoms with Crippen molar-refractivity contribution in [1.29, 1.82) is 0 Å². The van der Waals surface area contributed by atoms with Crippen LogP contribution >= 0.6 is 0 Å². The quantitative estimate of drug-likeness (QED) is 0.391. The Bertz CT molecular complexity index is 324. The fraction of sp³-hybridized carbons (Fsp3) is 0.643. The molecule has 0 aromatic heterocycles. The minimum atomic E-state index is -1.03. The first-order valence-electron chi connectivity index (χ1n) is 6.62. The first-order chi connectivity index (χ1) is 9.20. The van der Waals surface area contributed by atoms with E-state index in [-0.39, 0.29) is 13.2 Å². The van der Waals surface area contributed by atoms with Crippen molar-refractivity contribution in [2.24, 2.45) is 11.8 Å². The number of hydrogen-bond donors (Lipinski definition) is 2. The number of aliphatic hydroxyl groups is 2. The van der Waals surface area contributed by atoms with Crippen LogP contribution in [-0.2, 0) is 14.3 Å². The van der Waals surface area contributed by atoms with E-state index in [9.17, 15) is 9.90 Å². The molecule has 0 amide bonds. The van der Waals surface area contributed by atoms with Gasteiger partial charge >= 0.3 is 5.97 Å². The Morgan fingerprint density at radius 3 is 2.74 bits per heavy atom. The van der Waals surface area contributed by atoms with Crippen molar-refractivity contribution in [2.45, 2.75) is 26.1 Å². The van der Waals surface area contributed by atoms with Crippen molar-refractivity contribution in [1.82, 2.24) is 0 Å². The van der Waals surface area contributed by atoms with Crippen LogP contribution < -0.4 is 0 Å². The number of allylic oxidation sites excluding steroid dienone is 2. The maximum atomic E-state index is 11.8. The predicted octanol–water partition coefficient (Wildman–Crippen LogP) is 1.02. The molecule has 5 nitrogen and oxygen atoms in total. The van der Waals surface area contributed by atoms with Crippen molar-refractivity contribution >= 4 is 5.97 Å². The minimum Gasteiger partial charge on any atom is -0.463 e. The molecule has 1 aliphatic rings. The Morgan fingerprint density at radius 2 is 2.05 bits per heavy atom. The van der Waals surface area contributed by atoms with E-state index in [0.29, 0.717) is 6.61 Å². The van der Waals surface area contributed by atoms with E-state index in [4.69, 9.17) is 14.6 Å². The van der Waals surface area contributed by atoms with Crippen molar-refractivity contribution < 1.29 is 24.5 Å². The SMILES string of the molecule is CCCCOC(O)C1C=CC=CC1C(=O)OCCO. The lowest BCUT2D eigenvalue weighted by molar-refractivity contribution is -0.162. The van der Waals surface area contributed by atoms with Gasteiger partial charge in [-0.3, -0.25) is 4.79 Å². The number of hydrogen-bond acceptors (Lipinski definition) is 5. The van der Waals surface area contributed by atoms with Gasteiger partial charge in [-0.05, 0) is 6.42 Å². The smallest absolute Gasteiger partial charge is 0.313 e.